The number of halogens is 1. The van der Waals surface area contributed by atoms with Crippen LogP contribution in [0.2, 0.25) is 0 Å². The van der Waals surface area contributed by atoms with Crippen LogP contribution in [-0.2, 0) is 0 Å². The fourth-order valence-electron chi connectivity index (χ4n) is 3.17. The maximum Gasteiger partial charge on any atom is 0.491 e. The third kappa shape index (κ3) is 4.60. The zero-order chi connectivity index (χ0) is 21.8. The Morgan fingerprint density at radius 3 is 2.83 bits per heavy atom. The van der Waals surface area contributed by atoms with Gasteiger partial charge in [0, 0.05) is 17.5 Å². The summed E-state index contributed by atoms with van der Waals surface area (Å²) in [5.74, 6) is 3.52. The van der Waals surface area contributed by atoms with E-state index in [-0.39, 0.29) is 11.7 Å². The Morgan fingerprint density at radius 1 is 1.43 bits per heavy atom. The van der Waals surface area contributed by atoms with Crippen molar-refractivity contribution in [1.82, 2.24) is 20.2 Å². The Bertz CT molecular complexity index is 1090. The fourth-order valence-corrected chi connectivity index (χ4v) is 3.17. The van der Waals surface area contributed by atoms with E-state index in [0.29, 0.717) is 41.5 Å². The van der Waals surface area contributed by atoms with Gasteiger partial charge in [0.2, 0.25) is 0 Å². The lowest BCUT2D eigenvalue weighted by molar-refractivity contribution is 0.232. The first-order valence-corrected chi connectivity index (χ1v) is 9.72. The largest absolute Gasteiger partial charge is 0.491 e. The second-order valence-electron chi connectivity index (χ2n) is 7.46. The number of carbonyl (C=O) groups is 1. The van der Waals surface area contributed by atoms with Gasteiger partial charge in [-0.25, -0.2) is 14.1 Å². The Hall–Kier alpha value is -3.38. The maximum absolute atomic E-state index is 13.6. The first-order chi connectivity index (χ1) is 14.3. The summed E-state index contributed by atoms with van der Waals surface area (Å²) in [6.07, 6.45) is 1.48. The lowest BCUT2D eigenvalue weighted by Crippen LogP contribution is -2.40. The van der Waals surface area contributed by atoms with Gasteiger partial charge in [0.05, 0.1) is 19.6 Å². The molecule has 1 atom stereocenters. The quantitative estimate of drug-likeness (QED) is 0.628. The molecule has 0 saturated carbocycles. The van der Waals surface area contributed by atoms with Gasteiger partial charge in [-0.3, -0.25) is 5.32 Å². The molecule has 30 heavy (non-hydrogen) atoms. The molecule has 158 valence electrons. The summed E-state index contributed by atoms with van der Waals surface area (Å²) in [6, 6.07) is 3.53. The molecule has 1 unspecified atom stereocenters. The Morgan fingerprint density at radius 2 is 2.20 bits per heavy atom. The van der Waals surface area contributed by atoms with Crippen LogP contribution in [0.1, 0.15) is 31.2 Å². The summed E-state index contributed by atoms with van der Waals surface area (Å²) in [5, 5.41) is 6.29. The number of rotatable bonds is 6. The van der Waals surface area contributed by atoms with Crippen molar-refractivity contribution in [3.8, 4) is 0 Å². The van der Waals surface area contributed by atoms with E-state index in [9.17, 15) is 9.18 Å². The minimum absolute atomic E-state index is 0.0346. The van der Waals surface area contributed by atoms with Crippen LogP contribution < -0.4 is 21.0 Å². The molecule has 2 amide bonds. The highest BCUT2D eigenvalue weighted by molar-refractivity contribution is 6.04. The fraction of sp³-hybridized carbons (Fsp3) is 0.381. The third-order valence-corrected chi connectivity index (χ3v) is 4.81. The number of urea groups is 1. The van der Waals surface area contributed by atoms with Crippen LogP contribution in [0.25, 0.3) is 11.0 Å². The van der Waals surface area contributed by atoms with Gasteiger partial charge in [0.25, 0.3) is 0 Å². The highest BCUT2D eigenvalue weighted by Crippen LogP contribution is 2.33. The molecule has 0 spiro atoms. The van der Waals surface area contributed by atoms with Gasteiger partial charge < -0.3 is 15.5 Å². The second kappa shape index (κ2) is 8.97. The number of hydrogen-bond acceptors (Lipinski definition) is 5. The van der Waals surface area contributed by atoms with Crippen LogP contribution in [0.4, 0.5) is 9.18 Å². The van der Waals surface area contributed by atoms with Crippen molar-refractivity contribution in [3.63, 3.8) is 0 Å². The number of allylic oxidation sites excluding steroid dienone is 1. The molecular formula is C21H26FN6O2+. The van der Waals surface area contributed by atoms with Gasteiger partial charge in [0.1, 0.15) is 23.4 Å². The van der Waals surface area contributed by atoms with E-state index in [4.69, 9.17) is 10.2 Å². The van der Waals surface area contributed by atoms with Crippen molar-refractivity contribution in [1.29, 1.82) is 0 Å². The number of nitrogens with one attached hydrogen (secondary N) is 2. The molecule has 0 saturated heterocycles. The van der Waals surface area contributed by atoms with E-state index in [2.05, 4.69) is 26.2 Å². The lowest BCUT2D eigenvalue weighted by atomic mass is 9.98. The molecule has 9 heteroatoms. The van der Waals surface area contributed by atoms with Crippen molar-refractivity contribution >= 4 is 35.0 Å². The van der Waals surface area contributed by atoms with Crippen LogP contribution in [0, 0.1) is 18.7 Å². The van der Waals surface area contributed by atoms with Gasteiger partial charge in [-0.05, 0) is 31.0 Å². The van der Waals surface area contributed by atoms with Crippen molar-refractivity contribution in [2.24, 2.45) is 16.6 Å². The normalized spacial score (nSPS) is 14.0. The molecule has 8 nitrogen and oxygen atoms in total. The topological polar surface area (TPSA) is 110 Å². The predicted molar refractivity (Wildman–Crippen MR) is 116 cm³/mol. The molecule has 2 heterocycles. The molecule has 1 aliphatic heterocycles. The number of carbonyl (C=O) groups excluding carboxylic acids is 1. The van der Waals surface area contributed by atoms with Crippen molar-refractivity contribution in [2.75, 3.05) is 20.1 Å². The van der Waals surface area contributed by atoms with Gasteiger partial charge in [0.15, 0.2) is 11.6 Å². The molecule has 0 aliphatic carbocycles. The highest BCUT2D eigenvalue weighted by Gasteiger charge is 2.26. The zero-order valence-electron chi connectivity index (χ0n) is 17.5. The van der Waals surface area contributed by atoms with Gasteiger partial charge >= 0.3 is 12.0 Å². The molecule has 1 aromatic carbocycles. The van der Waals surface area contributed by atoms with Crippen LogP contribution in [-0.4, -0.2) is 49.1 Å². The zero-order valence-corrected chi connectivity index (χ0v) is 17.5. The molecule has 3 rings (SSSR count). The SMILES string of the molecule is Cc1c(C(NC(=O)NC2=C=[N+]=C(N(C)CCN)N=C2)C(C)C)oc2ccc(F)cc12. The van der Waals surface area contributed by atoms with E-state index in [1.807, 2.05) is 27.8 Å². The minimum Gasteiger partial charge on any atom is -0.459 e. The van der Waals surface area contributed by atoms with E-state index in [1.54, 1.807) is 11.0 Å². The number of aryl methyl sites for hydroxylation is 1. The van der Waals surface area contributed by atoms with Crippen molar-refractivity contribution < 1.29 is 13.6 Å². The number of aliphatic imine (C=N–C) groups is 1. The van der Waals surface area contributed by atoms with E-state index < -0.39 is 12.1 Å². The number of fused-ring (bicyclic) bond motifs is 1. The van der Waals surface area contributed by atoms with Crippen LogP contribution >= 0.6 is 0 Å². The van der Waals surface area contributed by atoms with Crippen LogP contribution in [0.5, 0.6) is 0 Å². The van der Waals surface area contributed by atoms with E-state index >= 15 is 0 Å². The van der Waals surface area contributed by atoms with E-state index in [0.717, 1.165) is 5.56 Å². The monoisotopic (exact) mass is 413 g/mol. The number of nitrogens with two attached hydrogens (primary N) is 1. The van der Waals surface area contributed by atoms with Crippen LogP contribution in [0.15, 0.2) is 33.3 Å². The Labute approximate surface area is 174 Å². The Kier molecular flexibility index (Phi) is 6.37. The van der Waals surface area contributed by atoms with Crippen molar-refractivity contribution in [2.45, 2.75) is 26.8 Å². The first-order valence-electron chi connectivity index (χ1n) is 9.72. The molecule has 0 radical (unpaired) electrons. The average Bonchev–Trinajstić information content (AvgIpc) is 3.02. The number of likely N-dealkylation sites (N-methyl/N-ethyl adjacent to an activating group) is 1. The second-order valence-corrected chi connectivity index (χ2v) is 7.46. The standard InChI is InChI=1S/C21H25FN6O2/c1-12(2)18(19-13(3)16-9-14(22)5-6-17(16)30-19)27-21(29)26-15-10-24-20(25-11-15)28(4)8-7-23/h5-6,9-10,12,18H,7-8,23H2,1-4H3,(H-,26,27,29)/p+1. The average molecular weight is 413 g/mol. The number of amides is 2. The number of hydrogen-bond donors (Lipinski definition) is 3. The minimum atomic E-state index is -0.442. The molecular weight excluding hydrogens is 387 g/mol. The van der Waals surface area contributed by atoms with Crippen molar-refractivity contribution in [3.05, 3.63) is 41.0 Å². The lowest BCUT2D eigenvalue weighted by Gasteiger charge is -2.21. The smallest absolute Gasteiger partial charge is 0.459 e. The van der Waals surface area contributed by atoms with Gasteiger partial charge in [-0.1, -0.05) is 18.8 Å². The van der Waals surface area contributed by atoms with Gasteiger partial charge in [-0.2, -0.15) is 4.67 Å². The predicted octanol–water partition coefficient (Wildman–Crippen LogP) is 1.83. The first kappa shape index (κ1) is 21.3. The number of furan rings is 1. The molecule has 0 bridgehead atoms. The summed E-state index contributed by atoms with van der Waals surface area (Å²) in [4.78, 5) is 18.6. The summed E-state index contributed by atoms with van der Waals surface area (Å²) < 4.78 is 23.7. The summed E-state index contributed by atoms with van der Waals surface area (Å²) >= 11 is 0. The van der Waals surface area contributed by atoms with Gasteiger partial charge in [-0.15, -0.1) is 0 Å². The molecule has 0 fully saturated rings. The Balaban J connectivity index is 1.79. The number of nitrogens with zero attached hydrogens (tertiary/aromatic N) is 3. The highest BCUT2D eigenvalue weighted by atomic mass is 19.1. The molecule has 1 aromatic heterocycles. The molecule has 1 aliphatic rings. The third-order valence-electron chi connectivity index (χ3n) is 4.81. The summed E-state index contributed by atoms with van der Waals surface area (Å²) in [7, 11) is 1.82. The maximum atomic E-state index is 13.6. The molecule has 2 aromatic rings. The molecule has 4 N–H and O–H groups in total. The van der Waals surface area contributed by atoms with Crippen LogP contribution in [0.3, 0.4) is 0 Å². The number of benzene rings is 1. The van der Waals surface area contributed by atoms with E-state index in [1.165, 1.54) is 18.3 Å². The summed E-state index contributed by atoms with van der Waals surface area (Å²) in [5.41, 5.74) is 7.24. The summed E-state index contributed by atoms with van der Waals surface area (Å²) in [6.45, 7) is 6.88. The number of guanidine groups is 1.